The zero-order valence-electron chi connectivity index (χ0n) is 13.6. The van der Waals surface area contributed by atoms with Crippen molar-refractivity contribution in [3.63, 3.8) is 0 Å². The molecule has 0 fully saturated rings. The van der Waals surface area contributed by atoms with Crippen molar-refractivity contribution in [2.24, 2.45) is 4.99 Å². The molecule has 0 bridgehead atoms. The minimum absolute atomic E-state index is 0. The fourth-order valence-corrected chi connectivity index (χ4v) is 2.12. The van der Waals surface area contributed by atoms with Crippen LogP contribution in [0.1, 0.15) is 24.1 Å². The van der Waals surface area contributed by atoms with Crippen LogP contribution in [0, 0.1) is 23.3 Å². The molecule has 2 aromatic rings. The van der Waals surface area contributed by atoms with Gasteiger partial charge in [-0.15, -0.1) is 24.0 Å². The predicted octanol–water partition coefficient (Wildman–Crippen LogP) is 4.29. The molecular weight excluding hydrogens is 449 g/mol. The SMILES string of the molecule is CN=C(NCc1cc(F)ccc1F)NC(C)c1ccc(F)c(F)c1.I. The summed E-state index contributed by atoms with van der Waals surface area (Å²) >= 11 is 0. The molecule has 2 rings (SSSR count). The zero-order chi connectivity index (χ0) is 17.7. The Morgan fingerprint density at radius 3 is 2.32 bits per heavy atom. The van der Waals surface area contributed by atoms with Gasteiger partial charge in [-0.2, -0.15) is 0 Å². The molecule has 136 valence electrons. The Morgan fingerprint density at radius 1 is 1.00 bits per heavy atom. The zero-order valence-corrected chi connectivity index (χ0v) is 15.9. The van der Waals surface area contributed by atoms with Crippen LogP contribution in [-0.4, -0.2) is 13.0 Å². The monoisotopic (exact) mass is 467 g/mol. The van der Waals surface area contributed by atoms with E-state index in [0.29, 0.717) is 11.5 Å². The van der Waals surface area contributed by atoms with Crippen LogP contribution in [-0.2, 0) is 6.54 Å². The van der Waals surface area contributed by atoms with Crippen LogP contribution in [0.2, 0.25) is 0 Å². The quantitative estimate of drug-likeness (QED) is 0.305. The molecule has 3 nitrogen and oxygen atoms in total. The molecule has 2 N–H and O–H groups in total. The number of benzene rings is 2. The highest BCUT2D eigenvalue weighted by Crippen LogP contribution is 2.16. The molecule has 8 heteroatoms. The van der Waals surface area contributed by atoms with Crippen molar-refractivity contribution in [1.82, 2.24) is 10.6 Å². The second-order valence-corrected chi connectivity index (χ2v) is 5.20. The topological polar surface area (TPSA) is 36.4 Å². The molecule has 1 atom stereocenters. The molecule has 0 aliphatic rings. The van der Waals surface area contributed by atoms with Crippen LogP contribution in [0.3, 0.4) is 0 Å². The molecule has 0 heterocycles. The van der Waals surface area contributed by atoms with Crippen LogP contribution < -0.4 is 10.6 Å². The van der Waals surface area contributed by atoms with Crippen molar-refractivity contribution in [2.75, 3.05) is 7.05 Å². The van der Waals surface area contributed by atoms with E-state index >= 15 is 0 Å². The lowest BCUT2D eigenvalue weighted by molar-refractivity contribution is 0.504. The molecule has 25 heavy (non-hydrogen) atoms. The molecule has 1 unspecified atom stereocenters. The first-order valence-electron chi connectivity index (χ1n) is 7.26. The van der Waals surface area contributed by atoms with E-state index in [0.717, 1.165) is 30.3 Å². The number of nitrogens with zero attached hydrogens (tertiary/aromatic N) is 1. The van der Waals surface area contributed by atoms with E-state index in [4.69, 9.17) is 0 Å². The lowest BCUT2D eigenvalue weighted by Crippen LogP contribution is -2.38. The summed E-state index contributed by atoms with van der Waals surface area (Å²) in [6.45, 7) is 1.76. The molecule has 0 aliphatic carbocycles. The highest BCUT2D eigenvalue weighted by molar-refractivity contribution is 14.0. The van der Waals surface area contributed by atoms with Gasteiger partial charge in [0.1, 0.15) is 11.6 Å². The van der Waals surface area contributed by atoms with Gasteiger partial charge in [0.15, 0.2) is 17.6 Å². The van der Waals surface area contributed by atoms with Crippen LogP contribution in [0.25, 0.3) is 0 Å². The second kappa shape index (κ2) is 9.59. The number of hydrogen-bond donors (Lipinski definition) is 2. The third kappa shape index (κ3) is 5.87. The predicted molar refractivity (Wildman–Crippen MR) is 99.9 cm³/mol. The fourth-order valence-electron chi connectivity index (χ4n) is 2.12. The molecule has 0 radical (unpaired) electrons. The van der Waals surface area contributed by atoms with Gasteiger partial charge in [-0.25, -0.2) is 17.6 Å². The lowest BCUT2D eigenvalue weighted by Gasteiger charge is -2.18. The lowest BCUT2D eigenvalue weighted by atomic mass is 10.1. The van der Waals surface area contributed by atoms with E-state index in [1.807, 2.05) is 0 Å². The normalized spacial score (nSPS) is 12.3. The van der Waals surface area contributed by atoms with Gasteiger partial charge in [-0.3, -0.25) is 4.99 Å². The molecule has 0 aliphatic heterocycles. The van der Waals surface area contributed by atoms with Crippen LogP contribution >= 0.6 is 24.0 Å². The number of halogens is 5. The summed E-state index contributed by atoms with van der Waals surface area (Å²) in [6.07, 6.45) is 0. The van der Waals surface area contributed by atoms with E-state index in [9.17, 15) is 17.6 Å². The van der Waals surface area contributed by atoms with Crippen molar-refractivity contribution in [2.45, 2.75) is 19.5 Å². The maximum atomic E-state index is 13.6. The van der Waals surface area contributed by atoms with Gasteiger partial charge in [-0.05, 0) is 42.8 Å². The average Bonchev–Trinajstić information content (AvgIpc) is 2.56. The fraction of sp³-hybridized carbons (Fsp3) is 0.235. The second-order valence-electron chi connectivity index (χ2n) is 5.20. The third-order valence-corrected chi connectivity index (χ3v) is 3.47. The Hall–Kier alpha value is -1.84. The first-order valence-corrected chi connectivity index (χ1v) is 7.26. The standard InChI is InChI=1S/C17H17F4N3.HI/c1-10(11-3-5-15(20)16(21)8-11)24-17(22-2)23-9-12-7-13(18)4-6-14(12)19;/h3-8,10H,9H2,1-2H3,(H2,22,23,24);1H. The van der Waals surface area contributed by atoms with Crippen molar-refractivity contribution in [1.29, 1.82) is 0 Å². The third-order valence-electron chi connectivity index (χ3n) is 3.47. The number of aliphatic imine (C=N–C) groups is 1. The van der Waals surface area contributed by atoms with Crippen LogP contribution in [0.4, 0.5) is 17.6 Å². The molecule has 2 aromatic carbocycles. The molecule has 0 saturated carbocycles. The van der Waals surface area contributed by atoms with Gasteiger partial charge in [0, 0.05) is 19.2 Å². The maximum absolute atomic E-state index is 13.6. The summed E-state index contributed by atoms with van der Waals surface area (Å²) in [5.74, 6) is -2.61. The number of guanidine groups is 1. The summed E-state index contributed by atoms with van der Waals surface area (Å²) in [5.41, 5.74) is 0.673. The van der Waals surface area contributed by atoms with E-state index in [1.165, 1.54) is 13.1 Å². The first kappa shape index (κ1) is 21.2. The van der Waals surface area contributed by atoms with Crippen LogP contribution in [0.15, 0.2) is 41.4 Å². The van der Waals surface area contributed by atoms with Crippen molar-refractivity contribution < 1.29 is 17.6 Å². The van der Waals surface area contributed by atoms with Crippen molar-refractivity contribution in [3.05, 3.63) is 70.8 Å². The highest BCUT2D eigenvalue weighted by Gasteiger charge is 2.11. The first-order chi connectivity index (χ1) is 11.4. The minimum Gasteiger partial charge on any atom is -0.352 e. The van der Waals surface area contributed by atoms with E-state index < -0.39 is 23.3 Å². The number of nitrogens with one attached hydrogen (secondary N) is 2. The Kier molecular flexibility index (Phi) is 8.14. The Labute approximate surface area is 160 Å². The Bertz CT molecular complexity index is 753. The van der Waals surface area contributed by atoms with E-state index in [-0.39, 0.29) is 42.1 Å². The highest BCUT2D eigenvalue weighted by atomic mass is 127. The summed E-state index contributed by atoms with van der Waals surface area (Å²) in [6, 6.07) is 6.39. The van der Waals surface area contributed by atoms with E-state index in [2.05, 4.69) is 15.6 Å². The largest absolute Gasteiger partial charge is 0.352 e. The molecule has 0 amide bonds. The average molecular weight is 467 g/mol. The van der Waals surface area contributed by atoms with Gasteiger partial charge in [-0.1, -0.05) is 6.07 Å². The summed E-state index contributed by atoms with van der Waals surface area (Å²) in [4.78, 5) is 3.97. The molecular formula is C17H18F4IN3. The van der Waals surface area contributed by atoms with Gasteiger partial charge >= 0.3 is 0 Å². The Balaban J connectivity index is 0.00000312. The molecule has 0 aromatic heterocycles. The smallest absolute Gasteiger partial charge is 0.191 e. The summed E-state index contributed by atoms with van der Waals surface area (Å²) in [7, 11) is 1.51. The van der Waals surface area contributed by atoms with Crippen molar-refractivity contribution >= 4 is 29.9 Å². The summed E-state index contributed by atoms with van der Waals surface area (Å²) < 4.78 is 53.0. The molecule has 0 spiro atoms. The number of rotatable bonds is 4. The minimum atomic E-state index is -0.939. The number of hydrogen-bond acceptors (Lipinski definition) is 1. The van der Waals surface area contributed by atoms with Crippen molar-refractivity contribution in [3.8, 4) is 0 Å². The van der Waals surface area contributed by atoms with Gasteiger partial charge in [0.05, 0.1) is 6.04 Å². The maximum Gasteiger partial charge on any atom is 0.191 e. The van der Waals surface area contributed by atoms with Crippen LogP contribution in [0.5, 0.6) is 0 Å². The van der Waals surface area contributed by atoms with E-state index in [1.54, 1.807) is 6.92 Å². The van der Waals surface area contributed by atoms with Gasteiger partial charge in [0.2, 0.25) is 0 Å². The van der Waals surface area contributed by atoms with Gasteiger partial charge < -0.3 is 10.6 Å². The van der Waals surface area contributed by atoms with Gasteiger partial charge in [0.25, 0.3) is 0 Å². The Morgan fingerprint density at radius 2 is 1.68 bits per heavy atom. The molecule has 0 saturated heterocycles. The summed E-state index contributed by atoms with van der Waals surface area (Å²) in [5, 5.41) is 5.81.